The van der Waals surface area contributed by atoms with Crippen molar-refractivity contribution < 1.29 is 4.79 Å². The number of hydrogen-bond donors (Lipinski definition) is 1. The van der Waals surface area contributed by atoms with Gasteiger partial charge in [0.05, 0.1) is 10.0 Å². The second kappa shape index (κ2) is 6.56. The molecule has 1 aromatic carbocycles. The van der Waals surface area contributed by atoms with Crippen LogP contribution in [-0.2, 0) is 13.0 Å². The molecular weight excluding hydrogens is 365 g/mol. The molecule has 24 heavy (non-hydrogen) atoms. The number of nitrogens with zero attached hydrogens (tertiary/aromatic N) is 2. The van der Waals surface area contributed by atoms with Crippen LogP contribution in [0.15, 0.2) is 29.6 Å². The minimum absolute atomic E-state index is 0.0853. The highest BCUT2D eigenvalue weighted by Gasteiger charge is 2.36. The molecule has 4 nitrogen and oxygen atoms in total. The zero-order valence-corrected chi connectivity index (χ0v) is 15.3. The van der Waals surface area contributed by atoms with E-state index in [0.717, 1.165) is 32.6 Å². The molecular formula is C17H17Cl2N3OS. The summed E-state index contributed by atoms with van der Waals surface area (Å²) in [5.74, 6) is 0. The van der Waals surface area contributed by atoms with Crippen LogP contribution in [0.2, 0.25) is 10.0 Å². The van der Waals surface area contributed by atoms with Gasteiger partial charge in [-0.1, -0.05) is 23.2 Å². The normalized spacial score (nSPS) is 18.2. The maximum Gasteiger partial charge on any atom is 0.321 e. The van der Waals surface area contributed by atoms with E-state index >= 15 is 0 Å². The van der Waals surface area contributed by atoms with E-state index in [1.807, 2.05) is 16.2 Å². The van der Waals surface area contributed by atoms with Gasteiger partial charge in [-0.15, -0.1) is 11.3 Å². The summed E-state index contributed by atoms with van der Waals surface area (Å²) in [6.07, 6.45) is 1.12. The summed E-state index contributed by atoms with van der Waals surface area (Å²) in [7, 11) is 0. The van der Waals surface area contributed by atoms with E-state index < -0.39 is 0 Å². The second-order valence-corrected chi connectivity index (χ2v) is 8.02. The molecule has 1 aromatic heterocycles. The van der Waals surface area contributed by atoms with Gasteiger partial charge in [0.25, 0.3) is 0 Å². The van der Waals surface area contributed by atoms with Crippen LogP contribution >= 0.6 is 34.5 Å². The summed E-state index contributed by atoms with van der Waals surface area (Å²) in [5.41, 5.74) is 2.11. The highest BCUT2D eigenvalue weighted by Crippen LogP contribution is 2.28. The van der Waals surface area contributed by atoms with Gasteiger partial charge in [-0.3, -0.25) is 4.90 Å². The van der Waals surface area contributed by atoms with Crippen molar-refractivity contribution in [2.24, 2.45) is 0 Å². The number of rotatable bonds is 2. The van der Waals surface area contributed by atoms with Gasteiger partial charge in [0.1, 0.15) is 0 Å². The molecule has 4 rings (SSSR count). The summed E-state index contributed by atoms with van der Waals surface area (Å²) in [4.78, 5) is 18.1. The third kappa shape index (κ3) is 3.14. The lowest BCUT2D eigenvalue weighted by atomic mass is 10.0. The Balaban J connectivity index is 1.31. The molecule has 2 aromatic rings. The van der Waals surface area contributed by atoms with Gasteiger partial charge in [-0.25, -0.2) is 4.79 Å². The summed E-state index contributed by atoms with van der Waals surface area (Å²) < 4.78 is 0. The third-order valence-electron chi connectivity index (χ3n) is 4.67. The minimum atomic E-state index is -0.0853. The van der Waals surface area contributed by atoms with E-state index in [0.29, 0.717) is 21.8 Å². The predicted octanol–water partition coefficient (Wildman–Crippen LogP) is 4.33. The Morgan fingerprint density at radius 1 is 1.21 bits per heavy atom. The molecule has 0 radical (unpaired) electrons. The monoisotopic (exact) mass is 381 g/mol. The zero-order valence-electron chi connectivity index (χ0n) is 13.0. The molecule has 1 saturated heterocycles. The quantitative estimate of drug-likeness (QED) is 0.839. The lowest BCUT2D eigenvalue weighted by molar-refractivity contribution is 0.0533. The van der Waals surface area contributed by atoms with Crippen LogP contribution in [-0.4, -0.2) is 41.5 Å². The number of carbonyl (C=O) groups excluding carboxylic acids is 1. The first-order valence-corrected chi connectivity index (χ1v) is 9.54. The molecule has 3 heterocycles. The van der Waals surface area contributed by atoms with Gasteiger partial charge in [0.2, 0.25) is 0 Å². The van der Waals surface area contributed by atoms with Crippen LogP contribution in [0.25, 0.3) is 0 Å². The molecule has 1 fully saturated rings. The van der Waals surface area contributed by atoms with Gasteiger partial charge in [0, 0.05) is 42.8 Å². The fourth-order valence-electron chi connectivity index (χ4n) is 3.21. The Morgan fingerprint density at radius 3 is 2.83 bits per heavy atom. The number of carbonyl (C=O) groups is 1. The number of halogens is 2. The first-order chi connectivity index (χ1) is 11.6. The number of nitrogens with one attached hydrogen (secondary N) is 1. The predicted molar refractivity (Wildman–Crippen MR) is 99.3 cm³/mol. The standard InChI is InChI=1S/C17H17Cl2N3OS/c18-14-2-1-12(7-15(14)19)20-17(23)22-9-13(10-22)21-5-3-16-11(8-21)4-6-24-16/h1-2,4,6-7,13H,3,5,8-10H2,(H,20,23). The summed E-state index contributed by atoms with van der Waals surface area (Å²) in [5, 5.41) is 5.97. The Bertz CT molecular complexity index is 773. The fraction of sp³-hybridized carbons (Fsp3) is 0.353. The van der Waals surface area contributed by atoms with E-state index in [-0.39, 0.29) is 6.03 Å². The number of fused-ring (bicyclic) bond motifs is 1. The van der Waals surface area contributed by atoms with Crippen molar-refractivity contribution in [3.8, 4) is 0 Å². The number of hydrogen-bond acceptors (Lipinski definition) is 3. The number of amides is 2. The average molecular weight is 382 g/mol. The molecule has 1 N–H and O–H groups in total. The number of benzene rings is 1. The number of anilines is 1. The Morgan fingerprint density at radius 2 is 2.04 bits per heavy atom. The summed E-state index contributed by atoms with van der Waals surface area (Å²) in [6, 6.07) is 7.70. The maximum absolute atomic E-state index is 12.3. The molecule has 0 aliphatic carbocycles. The Labute approximate surface area is 155 Å². The zero-order chi connectivity index (χ0) is 16.7. The molecule has 2 amide bonds. The van der Waals surface area contributed by atoms with Gasteiger partial charge in [-0.05, 0) is 41.6 Å². The molecule has 7 heteroatoms. The van der Waals surface area contributed by atoms with Crippen LogP contribution in [0.3, 0.4) is 0 Å². The van der Waals surface area contributed by atoms with Crippen LogP contribution < -0.4 is 5.32 Å². The van der Waals surface area contributed by atoms with Crippen LogP contribution in [0.5, 0.6) is 0 Å². The number of thiophene rings is 1. The van der Waals surface area contributed by atoms with Crippen LogP contribution in [0.4, 0.5) is 10.5 Å². The second-order valence-electron chi connectivity index (χ2n) is 6.21. The topological polar surface area (TPSA) is 35.6 Å². The maximum atomic E-state index is 12.3. The third-order valence-corrected chi connectivity index (χ3v) is 6.44. The average Bonchev–Trinajstić information content (AvgIpc) is 2.97. The Kier molecular flexibility index (Phi) is 4.43. The minimum Gasteiger partial charge on any atom is -0.321 e. The first kappa shape index (κ1) is 16.2. The molecule has 0 spiro atoms. The summed E-state index contributed by atoms with van der Waals surface area (Å²) >= 11 is 13.7. The van der Waals surface area contributed by atoms with Crippen LogP contribution in [0, 0.1) is 0 Å². The smallest absolute Gasteiger partial charge is 0.321 e. The van der Waals surface area contributed by atoms with Crippen LogP contribution in [0.1, 0.15) is 10.4 Å². The molecule has 126 valence electrons. The first-order valence-electron chi connectivity index (χ1n) is 7.90. The van der Waals surface area contributed by atoms with E-state index in [4.69, 9.17) is 23.2 Å². The van der Waals surface area contributed by atoms with E-state index in [2.05, 4.69) is 21.7 Å². The molecule has 0 unspecified atom stereocenters. The molecule has 0 atom stereocenters. The van der Waals surface area contributed by atoms with Gasteiger partial charge < -0.3 is 10.2 Å². The molecule has 2 aliphatic heterocycles. The summed E-state index contributed by atoms with van der Waals surface area (Å²) in [6.45, 7) is 3.63. The van der Waals surface area contributed by atoms with E-state index in [1.165, 1.54) is 10.4 Å². The largest absolute Gasteiger partial charge is 0.321 e. The Hall–Kier alpha value is -1.27. The van der Waals surface area contributed by atoms with Crippen molar-refractivity contribution in [1.29, 1.82) is 0 Å². The van der Waals surface area contributed by atoms with E-state index in [1.54, 1.807) is 18.2 Å². The highest BCUT2D eigenvalue weighted by atomic mass is 35.5. The van der Waals surface area contributed by atoms with Crippen molar-refractivity contribution in [2.45, 2.75) is 19.0 Å². The van der Waals surface area contributed by atoms with Crippen molar-refractivity contribution >= 4 is 46.3 Å². The number of urea groups is 1. The highest BCUT2D eigenvalue weighted by molar-refractivity contribution is 7.10. The lowest BCUT2D eigenvalue weighted by Crippen LogP contribution is -2.62. The SMILES string of the molecule is O=C(Nc1ccc(Cl)c(Cl)c1)N1CC(N2CCc3sccc3C2)C1. The molecule has 2 aliphatic rings. The van der Waals surface area contributed by atoms with Gasteiger partial charge >= 0.3 is 6.03 Å². The van der Waals surface area contributed by atoms with E-state index in [9.17, 15) is 4.79 Å². The number of likely N-dealkylation sites (tertiary alicyclic amines) is 1. The van der Waals surface area contributed by atoms with Crippen molar-refractivity contribution in [2.75, 3.05) is 25.0 Å². The fourth-order valence-corrected chi connectivity index (χ4v) is 4.40. The van der Waals surface area contributed by atoms with Crippen molar-refractivity contribution in [3.05, 3.63) is 50.1 Å². The van der Waals surface area contributed by atoms with Crippen molar-refractivity contribution in [3.63, 3.8) is 0 Å². The van der Waals surface area contributed by atoms with Gasteiger partial charge in [0.15, 0.2) is 0 Å². The van der Waals surface area contributed by atoms with Gasteiger partial charge in [-0.2, -0.15) is 0 Å². The lowest BCUT2D eigenvalue weighted by Gasteiger charge is -2.46. The molecule has 0 saturated carbocycles. The van der Waals surface area contributed by atoms with Crippen molar-refractivity contribution in [1.82, 2.24) is 9.80 Å². The molecule has 0 bridgehead atoms.